The van der Waals surface area contributed by atoms with Crippen molar-refractivity contribution in [2.75, 3.05) is 4.90 Å². The largest absolute Gasteiger partial charge is 0.360 e. The average molecular weight is 384 g/mol. The third kappa shape index (κ3) is 3.00. The molecule has 4 aromatic rings. The third-order valence-corrected chi connectivity index (χ3v) is 4.22. The summed E-state index contributed by atoms with van der Waals surface area (Å²) in [5, 5.41) is 15.2. The molecule has 0 saturated carbocycles. The van der Waals surface area contributed by atoms with Crippen LogP contribution in [-0.2, 0) is 13.1 Å². The Morgan fingerprint density at radius 1 is 1.17 bits per heavy atom. The van der Waals surface area contributed by atoms with Crippen molar-refractivity contribution >= 4 is 27.3 Å². The summed E-state index contributed by atoms with van der Waals surface area (Å²) in [6.07, 6.45) is 7.04. The van der Waals surface area contributed by atoms with Crippen LogP contribution in [0.3, 0.4) is 0 Å². The molecule has 0 bridgehead atoms. The maximum absolute atomic E-state index is 4.49. The van der Waals surface area contributed by atoms with Gasteiger partial charge in [-0.1, -0.05) is 22.0 Å². The molecular weight excluding hydrogens is 370 g/mol. The molecule has 0 aliphatic heterocycles. The monoisotopic (exact) mass is 383 g/mol. The quantitative estimate of drug-likeness (QED) is 0.573. The first-order valence-electron chi connectivity index (χ1n) is 7.41. The standard InChI is InChI=1S/C16H14BrN7/c17-12-2-1-3-14(8-12)24(9-13-4-5-19-21-13)10-15-16-22-20-11-23(16)7-6-18-15/h1-8,11H,9-10H2,(H,19,21). The van der Waals surface area contributed by atoms with E-state index >= 15 is 0 Å². The van der Waals surface area contributed by atoms with Crippen molar-refractivity contribution in [3.63, 3.8) is 0 Å². The van der Waals surface area contributed by atoms with Crippen LogP contribution in [0, 0.1) is 0 Å². The van der Waals surface area contributed by atoms with Crippen molar-refractivity contribution in [3.8, 4) is 0 Å². The van der Waals surface area contributed by atoms with Crippen LogP contribution in [0.4, 0.5) is 5.69 Å². The smallest absolute Gasteiger partial charge is 0.184 e. The molecular formula is C16H14BrN7. The molecule has 120 valence electrons. The van der Waals surface area contributed by atoms with Crippen molar-refractivity contribution in [1.29, 1.82) is 0 Å². The summed E-state index contributed by atoms with van der Waals surface area (Å²) in [5.41, 5.74) is 3.75. The number of nitrogens with one attached hydrogen (secondary N) is 1. The van der Waals surface area contributed by atoms with Crippen molar-refractivity contribution < 1.29 is 0 Å². The molecule has 1 aromatic carbocycles. The first-order valence-corrected chi connectivity index (χ1v) is 8.21. The highest BCUT2D eigenvalue weighted by Crippen LogP contribution is 2.23. The maximum atomic E-state index is 4.49. The number of aromatic amines is 1. The number of aromatic nitrogens is 6. The van der Waals surface area contributed by atoms with Crippen molar-refractivity contribution in [1.82, 2.24) is 29.8 Å². The SMILES string of the molecule is Brc1cccc(N(Cc2ccn[nH]2)Cc2nccn3cnnc23)c1. The predicted molar refractivity (Wildman–Crippen MR) is 93.4 cm³/mol. The lowest BCUT2D eigenvalue weighted by molar-refractivity contribution is 0.759. The Labute approximate surface area is 146 Å². The fourth-order valence-electron chi connectivity index (χ4n) is 2.59. The van der Waals surface area contributed by atoms with Crippen molar-refractivity contribution in [2.45, 2.75) is 13.1 Å². The summed E-state index contributed by atoms with van der Waals surface area (Å²) in [5.74, 6) is 0. The van der Waals surface area contributed by atoms with Crippen LogP contribution >= 0.6 is 15.9 Å². The van der Waals surface area contributed by atoms with E-state index in [-0.39, 0.29) is 0 Å². The second kappa shape index (κ2) is 6.40. The van der Waals surface area contributed by atoms with E-state index < -0.39 is 0 Å². The number of rotatable bonds is 5. The van der Waals surface area contributed by atoms with Gasteiger partial charge in [0.15, 0.2) is 5.65 Å². The third-order valence-electron chi connectivity index (χ3n) is 3.72. The maximum Gasteiger partial charge on any atom is 0.184 e. The zero-order valence-corrected chi connectivity index (χ0v) is 14.3. The van der Waals surface area contributed by atoms with E-state index in [1.165, 1.54) is 0 Å². The Bertz CT molecular complexity index is 948. The minimum atomic E-state index is 0.610. The number of nitrogens with zero attached hydrogens (tertiary/aromatic N) is 6. The van der Waals surface area contributed by atoms with Gasteiger partial charge in [-0.15, -0.1) is 10.2 Å². The Balaban J connectivity index is 1.71. The van der Waals surface area contributed by atoms with Crippen molar-refractivity contribution in [3.05, 3.63) is 71.1 Å². The van der Waals surface area contributed by atoms with Crippen LogP contribution in [0.25, 0.3) is 5.65 Å². The van der Waals surface area contributed by atoms with Gasteiger partial charge in [-0.25, -0.2) is 0 Å². The normalized spacial score (nSPS) is 11.0. The Hall–Kier alpha value is -2.74. The lowest BCUT2D eigenvalue weighted by Gasteiger charge is -2.24. The number of benzene rings is 1. The molecule has 7 nitrogen and oxygen atoms in total. The van der Waals surface area contributed by atoms with E-state index in [4.69, 9.17) is 0 Å². The number of H-pyrrole nitrogens is 1. The highest BCUT2D eigenvalue weighted by atomic mass is 79.9. The Morgan fingerprint density at radius 2 is 2.12 bits per heavy atom. The van der Waals surface area contributed by atoms with Gasteiger partial charge in [0, 0.05) is 28.8 Å². The summed E-state index contributed by atoms with van der Waals surface area (Å²) in [7, 11) is 0. The minimum absolute atomic E-state index is 0.610. The molecule has 0 spiro atoms. The van der Waals surface area contributed by atoms with Gasteiger partial charge in [-0.2, -0.15) is 5.10 Å². The molecule has 0 aliphatic carbocycles. The number of halogens is 1. The molecule has 0 aliphatic rings. The van der Waals surface area contributed by atoms with Crippen LogP contribution in [0.1, 0.15) is 11.4 Å². The first-order chi connectivity index (χ1) is 11.8. The van der Waals surface area contributed by atoms with E-state index in [0.717, 1.165) is 27.2 Å². The van der Waals surface area contributed by atoms with Gasteiger partial charge in [-0.05, 0) is 24.3 Å². The first kappa shape index (κ1) is 14.8. The van der Waals surface area contributed by atoms with Crippen LogP contribution in [0.15, 0.2) is 59.7 Å². The van der Waals surface area contributed by atoms with E-state index in [1.807, 2.05) is 28.8 Å². The average Bonchev–Trinajstić information content (AvgIpc) is 3.26. The second-order valence-electron chi connectivity index (χ2n) is 5.35. The van der Waals surface area contributed by atoms with Gasteiger partial charge < -0.3 is 4.90 Å². The number of hydrogen-bond acceptors (Lipinski definition) is 5. The lowest BCUT2D eigenvalue weighted by atomic mass is 10.2. The Kier molecular flexibility index (Phi) is 3.96. The van der Waals surface area contributed by atoms with E-state index in [2.05, 4.69) is 58.3 Å². The van der Waals surface area contributed by atoms with Crippen LogP contribution in [0.5, 0.6) is 0 Å². The zero-order chi connectivity index (χ0) is 16.4. The molecule has 24 heavy (non-hydrogen) atoms. The number of fused-ring (bicyclic) bond motifs is 1. The van der Waals surface area contributed by atoms with Gasteiger partial charge in [0.1, 0.15) is 12.0 Å². The number of hydrogen-bond donors (Lipinski definition) is 1. The van der Waals surface area contributed by atoms with Crippen LogP contribution in [0.2, 0.25) is 0 Å². The summed E-state index contributed by atoms with van der Waals surface area (Å²) in [6.45, 7) is 1.30. The molecule has 0 amide bonds. The minimum Gasteiger partial charge on any atom is -0.360 e. The molecule has 1 N–H and O–H groups in total. The lowest BCUT2D eigenvalue weighted by Crippen LogP contribution is -2.23. The molecule has 8 heteroatoms. The van der Waals surface area contributed by atoms with E-state index in [0.29, 0.717) is 13.1 Å². The van der Waals surface area contributed by atoms with Gasteiger partial charge in [0.05, 0.1) is 18.8 Å². The zero-order valence-electron chi connectivity index (χ0n) is 12.7. The van der Waals surface area contributed by atoms with E-state index in [1.54, 1.807) is 18.7 Å². The van der Waals surface area contributed by atoms with Gasteiger partial charge >= 0.3 is 0 Å². The molecule has 4 rings (SSSR count). The van der Waals surface area contributed by atoms with Gasteiger partial charge in [-0.3, -0.25) is 14.5 Å². The molecule has 0 atom stereocenters. The van der Waals surface area contributed by atoms with Crippen LogP contribution in [-0.4, -0.2) is 29.8 Å². The summed E-state index contributed by atoms with van der Waals surface area (Å²) >= 11 is 3.54. The molecule has 0 radical (unpaired) electrons. The summed E-state index contributed by atoms with van der Waals surface area (Å²) in [4.78, 5) is 6.71. The summed E-state index contributed by atoms with van der Waals surface area (Å²) in [6, 6.07) is 10.2. The fraction of sp³-hybridized carbons (Fsp3) is 0.125. The summed E-state index contributed by atoms with van der Waals surface area (Å²) < 4.78 is 2.90. The highest BCUT2D eigenvalue weighted by molar-refractivity contribution is 9.10. The Morgan fingerprint density at radius 3 is 2.96 bits per heavy atom. The predicted octanol–water partition coefficient (Wildman–Crippen LogP) is 2.82. The highest BCUT2D eigenvalue weighted by Gasteiger charge is 2.14. The van der Waals surface area contributed by atoms with Gasteiger partial charge in [0.25, 0.3) is 0 Å². The molecule has 0 unspecified atom stereocenters. The van der Waals surface area contributed by atoms with Gasteiger partial charge in [0.2, 0.25) is 0 Å². The molecule has 3 aromatic heterocycles. The van der Waals surface area contributed by atoms with E-state index in [9.17, 15) is 0 Å². The van der Waals surface area contributed by atoms with Crippen molar-refractivity contribution in [2.24, 2.45) is 0 Å². The second-order valence-corrected chi connectivity index (χ2v) is 6.27. The molecule has 3 heterocycles. The number of anilines is 1. The fourth-order valence-corrected chi connectivity index (χ4v) is 2.98. The molecule has 0 fully saturated rings. The topological polar surface area (TPSA) is 75.0 Å². The molecule has 0 saturated heterocycles. The van der Waals surface area contributed by atoms with Crippen LogP contribution < -0.4 is 4.90 Å².